The van der Waals surface area contributed by atoms with Gasteiger partial charge in [-0.15, -0.1) is 0 Å². The van der Waals surface area contributed by atoms with Gasteiger partial charge >= 0.3 is 5.97 Å². The van der Waals surface area contributed by atoms with E-state index in [0.717, 1.165) is 0 Å². The molecule has 1 unspecified atom stereocenters. The highest BCUT2D eigenvalue weighted by Crippen LogP contribution is 2.15. The normalized spacial score (nSPS) is 11.7. The van der Waals surface area contributed by atoms with Crippen LogP contribution in [0.4, 0.5) is 5.69 Å². The molecule has 0 bridgehead atoms. The Bertz CT molecular complexity index is 722. The molecule has 1 aromatic carbocycles. The summed E-state index contributed by atoms with van der Waals surface area (Å²) in [6.07, 6.45) is 0. The lowest BCUT2D eigenvalue weighted by atomic mass is 10.3. The zero-order valence-corrected chi connectivity index (χ0v) is 13.1. The first-order chi connectivity index (χ1) is 11.0. The second-order valence-corrected chi connectivity index (χ2v) is 6.03. The number of amides is 1. The molecule has 1 heterocycles. The Morgan fingerprint density at radius 3 is 2.48 bits per heavy atom. The summed E-state index contributed by atoms with van der Waals surface area (Å²) in [7, 11) is 0.0387. The van der Waals surface area contributed by atoms with E-state index in [-0.39, 0.29) is 23.0 Å². The van der Waals surface area contributed by atoms with E-state index in [1.54, 1.807) is 31.4 Å². The number of aromatic carboxylic acids is 1. The van der Waals surface area contributed by atoms with E-state index in [0.29, 0.717) is 11.4 Å². The molecule has 23 heavy (non-hydrogen) atoms. The van der Waals surface area contributed by atoms with Crippen molar-refractivity contribution < 1.29 is 28.1 Å². The van der Waals surface area contributed by atoms with Crippen molar-refractivity contribution in [2.45, 2.75) is 5.75 Å². The quantitative estimate of drug-likeness (QED) is 0.799. The number of carbonyl (C=O) groups excluding carboxylic acids is 1. The molecule has 7 nitrogen and oxygen atoms in total. The number of hydrogen-bond acceptors (Lipinski definition) is 5. The molecule has 122 valence electrons. The average Bonchev–Trinajstić information content (AvgIpc) is 2.96. The number of carboxylic acids is 1. The van der Waals surface area contributed by atoms with Crippen molar-refractivity contribution >= 4 is 28.4 Å². The van der Waals surface area contributed by atoms with Gasteiger partial charge in [0.15, 0.2) is 0 Å². The minimum atomic E-state index is -1.50. The number of carboxylic acid groups (broad SMARTS) is 1. The Balaban J connectivity index is 1.86. The number of rotatable bonds is 7. The molecule has 0 aliphatic heterocycles. The van der Waals surface area contributed by atoms with Gasteiger partial charge in [-0.25, -0.2) is 4.79 Å². The minimum Gasteiger partial charge on any atom is -0.497 e. The van der Waals surface area contributed by atoms with Crippen LogP contribution in [-0.4, -0.2) is 34.1 Å². The first-order valence-electron chi connectivity index (χ1n) is 6.59. The van der Waals surface area contributed by atoms with Crippen molar-refractivity contribution in [3.63, 3.8) is 0 Å². The standard InChI is InChI=1S/C15H15NO6S/c1-21-11-4-2-10(3-5-11)16-14(17)9-23(20)8-12-6-7-13(22-12)15(18)19/h2-7H,8-9H2,1H3,(H,16,17)(H,18,19). The van der Waals surface area contributed by atoms with Crippen molar-refractivity contribution in [1.29, 1.82) is 0 Å². The third-order valence-electron chi connectivity index (χ3n) is 2.84. The van der Waals surface area contributed by atoms with E-state index in [1.807, 2.05) is 0 Å². The second kappa shape index (κ2) is 7.59. The molecule has 2 rings (SSSR count). The first kappa shape index (κ1) is 16.8. The van der Waals surface area contributed by atoms with Crippen LogP contribution in [0.25, 0.3) is 0 Å². The van der Waals surface area contributed by atoms with Crippen LogP contribution in [0.15, 0.2) is 40.8 Å². The van der Waals surface area contributed by atoms with Crippen LogP contribution in [0.3, 0.4) is 0 Å². The summed E-state index contributed by atoms with van der Waals surface area (Å²) in [4.78, 5) is 22.5. The van der Waals surface area contributed by atoms with Crippen LogP contribution in [0.1, 0.15) is 16.3 Å². The Labute approximate surface area is 134 Å². The van der Waals surface area contributed by atoms with Crippen LogP contribution in [-0.2, 0) is 21.3 Å². The third kappa shape index (κ3) is 4.96. The van der Waals surface area contributed by atoms with E-state index >= 15 is 0 Å². The predicted octanol–water partition coefficient (Wildman–Crippen LogP) is 1.87. The Hall–Kier alpha value is -2.61. The Morgan fingerprint density at radius 1 is 1.22 bits per heavy atom. The SMILES string of the molecule is COc1ccc(NC(=O)CS(=O)Cc2ccc(C(=O)O)o2)cc1. The van der Waals surface area contributed by atoms with Crippen molar-refractivity contribution in [3.05, 3.63) is 47.9 Å². The van der Waals surface area contributed by atoms with E-state index in [2.05, 4.69) is 5.32 Å². The van der Waals surface area contributed by atoms with Crippen molar-refractivity contribution in [2.24, 2.45) is 0 Å². The molecular weight excluding hydrogens is 322 g/mol. The summed E-state index contributed by atoms with van der Waals surface area (Å²) in [6, 6.07) is 9.46. The van der Waals surface area contributed by atoms with Crippen molar-refractivity contribution in [3.8, 4) is 5.75 Å². The minimum absolute atomic E-state index is 0.0245. The molecule has 0 radical (unpaired) electrons. The molecule has 1 aromatic heterocycles. The van der Waals surface area contributed by atoms with Gasteiger partial charge in [-0.2, -0.15) is 0 Å². The lowest BCUT2D eigenvalue weighted by Crippen LogP contribution is -2.20. The Morgan fingerprint density at radius 2 is 1.91 bits per heavy atom. The fourth-order valence-electron chi connectivity index (χ4n) is 1.80. The first-order valence-corrected chi connectivity index (χ1v) is 8.07. The summed E-state index contributed by atoms with van der Waals surface area (Å²) < 4.78 is 21.9. The van der Waals surface area contributed by atoms with Gasteiger partial charge in [0.25, 0.3) is 0 Å². The molecule has 0 fully saturated rings. The number of furan rings is 1. The summed E-state index contributed by atoms with van der Waals surface area (Å²) in [6.45, 7) is 0. The van der Waals surface area contributed by atoms with Gasteiger partial charge in [0, 0.05) is 16.5 Å². The van der Waals surface area contributed by atoms with Crippen LogP contribution in [0, 0.1) is 0 Å². The molecule has 1 amide bonds. The van der Waals surface area contributed by atoms with Crippen LogP contribution in [0.5, 0.6) is 5.75 Å². The van der Waals surface area contributed by atoms with Gasteiger partial charge in [0.2, 0.25) is 11.7 Å². The maximum Gasteiger partial charge on any atom is 0.371 e. The van der Waals surface area contributed by atoms with Gasteiger partial charge < -0.3 is 19.6 Å². The number of hydrogen-bond donors (Lipinski definition) is 2. The van der Waals surface area contributed by atoms with Gasteiger partial charge in [0.05, 0.1) is 12.9 Å². The molecule has 0 spiro atoms. The molecule has 0 saturated carbocycles. The zero-order chi connectivity index (χ0) is 16.8. The van der Waals surface area contributed by atoms with Gasteiger partial charge in [-0.05, 0) is 36.4 Å². The summed E-state index contributed by atoms with van der Waals surface area (Å²) >= 11 is 0. The largest absolute Gasteiger partial charge is 0.497 e. The fraction of sp³-hybridized carbons (Fsp3) is 0.200. The maximum atomic E-state index is 11.9. The number of methoxy groups -OCH3 is 1. The van der Waals surface area contributed by atoms with Crippen molar-refractivity contribution in [2.75, 3.05) is 18.2 Å². The molecule has 0 aliphatic rings. The van der Waals surface area contributed by atoms with Crippen LogP contribution < -0.4 is 10.1 Å². The third-order valence-corrected chi connectivity index (χ3v) is 4.03. The maximum absolute atomic E-state index is 11.9. The van der Waals surface area contributed by atoms with Crippen molar-refractivity contribution in [1.82, 2.24) is 0 Å². The molecule has 2 aromatic rings. The average molecular weight is 337 g/mol. The topological polar surface area (TPSA) is 106 Å². The number of benzene rings is 1. The molecule has 2 N–H and O–H groups in total. The molecule has 0 aliphatic carbocycles. The predicted molar refractivity (Wildman–Crippen MR) is 84.0 cm³/mol. The van der Waals surface area contributed by atoms with E-state index in [1.165, 1.54) is 12.1 Å². The van der Waals surface area contributed by atoms with Crippen LogP contribution >= 0.6 is 0 Å². The van der Waals surface area contributed by atoms with Crippen LogP contribution in [0.2, 0.25) is 0 Å². The lowest BCUT2D eigenvalue weighted by Gasteiger charge is -2.06. The highest BCUT2D eigenvalue weighted by molar-refractivity contribution is 7.84. The number of carbonyl (C=O) groups is 2. The molecule has 8 heteroatoms. The van der Waals surface area contributed by atoms with E-state index in [9.17, 15) is 13.8 Å². The number of anilines is 1. The van der Waals surface area contributed by atoms with E-state index < -0.39 is 22.7 Å². The number of ether oxygens (including phenoxy) is 1. The molecule has 0 saturated heterocycles. The second-order valence-electron chi connectivity index (χ2n) is 4.58. The lowest BCUT2D eigenvalue weighted by molar-refractivity contribution is -0.113. The Kier molecular flexibility index (Phi) is 5.53. The zero-order valence-electron chi connectivity index (χ0n) is 12.3. The fourth-order valence-corrected chi connectivity index (χ4v) is 2.74. The summed E-state index contributed by atoms with van der Waals surface area (Å²) in [5, 5.41) is 11.4. The smallest absolute Gasteiger partial charge is 0.371 e. The monoisotopic (exact) mass is 337 g/mol. The summed E-state index contributed by atoms with van der Waals surface area (Å²) in [5.41, 5.74) is 0.568. The van der Waals surface area contributed by atoms with Gasteiger partial charge in [-0.1, -0.05) is 0 Å². The van der Waals surface area contributed by atoms with E-state index in [4.69, 9.17) is 14.3 Å². The van der Waals surface area contributed by atoms with Gasteiger partial charge in [-0.3, -0.25) is 9.00 Å². The highest BCUT2D eigenvalue weighted by Gasteiger charge is 2.14. The molecular formula is C15H15NO6S. The summed E-state index contributed by atoms with van der Waals surface area (Å²) in [5.74, 6) is -1.13. The molecule has 1 atom stereocenters. The highest BCUT2D eigenvalue weighted by atomic mass is 32.2. The number of nitrogens with one attached hydrogen (secondary N) is 1. The van der Waals surface area contributed by atoms with Gasteiger partial charge in [0.1, 0.15) is 17.3 Å².